The van der Waals surface area contributed by atoms with Crippen LogP contribution in [-0.2, 0) is 5.66 Å². The highest BCUT2D eigenvalue weighted by Gasteiger charge is 2.30. The number of nitrogens with two attached hydrogens (primary N) is 1. The van der Waals surface area contributed by atoms with Crippen molar-refractivity contribution in [2.24, 2.45) is 10.7 Å². The van der Waals surface area contributed by atoms with Crippen LogP contribution in [0.4, 0.5) is 5.69 Å². The molecule has 130 valence electrons. The number of aliphatic imine (C=N–C) groups is 1. The summed E-state index contributed by atoms with van der Waals surface area (Å²) in [4.78, 5) is 6.67. The van der Waals surface area contributed by atoms with Gasteiger partial charge in [0.1, 0.15) is 5.82 Å². The van der Waals surface area contributed by atoms with Gasteiger partial charge in [-0.1, -0.05) is 41.9 Å². The molecule has 3 rings (SSSR count). The second-order valence-electron chi connectivity index (χ2n) is 6.29. The quantitative estimate of drug-likeness (QED) is 0.790. The lowest BCUT2D eigenvalue weighted by Crippen LogP contribution is -2.47. The van der Waals surface area contributed by atoms with Gasteiger partial charge in [0.15, 0.2) is 5.66 Å². The number of rotatable bonds is 3. The molecule has 1 aliphatic rings. The summed E-state index contributed by atoms with van der Waals surface area (Å²) in [5.41, 5.74) is 8.45. The third-order valence-corrected chi connectivity index (χ3v) is 4.46. The van der Waals surface area contributed by atoms with Crippen LogP contribution in [0.1, 0.15) is 11.1 Å². The molecule has 0 fully saturated rings. The Morgan fingerprint density at radius 2 is 1.88 bits per heavy atom. The number of hydrogen-bond acceptors (Lipinski definition) is 5. The summed E-state index contributed by atoms with van der Waals surface area (Å²) in [6, 6.07) is 15.6. The van der Waals surface area contributed by atoms with Crippen molar-refractivity contribution in [1.82, 2.24) is 10.2 Å². The van der Waals surface area contributed by atoms with Crippen molar-refractivity contribution in [3.05, 3.63) is 76.6 Å². The van der Waals surface area contributed by atoms with Crippen molar-refractivity contribution < 1.29 is 0 Å². The highest BCUT2D eigenvalue weighted by Crippen LogP contribution is 2.29. The van der Waals surface area contributed by atoms with E-state index in [0.717, 1.165) is 22.6 Å². The van der Waals surface area contributed by atoms with E-state index in [1.165, 1.54) is 0 Å². The second-order valence-corrected chi connectivity index (χ2v) is 6.70. The Hall–Kier alpha value is -2.50. The van der Waals surface area contributed by atoms with Crippen LogP contribution in [0.2, 0.25) is 5.02 Å². The molecule has 0 spiro atoms. The topological polar surface area (TPSA) is 65.7 Å². The van der Waals surface area contributed by atoms with Crippen LogP contribution in [0.15, 0.2) is 65.4 Å². The second kappa shape index (κ2) is 6.78. The molecule has 0 radical (unpaired) electrons. The Labute approximate surface area is 153 Å². The highest BCUT2D eigenvalue weighted by atomic mass is 35.5. The van der Waals surface area contributed by atoms with Crippen molar-refractivity contribution in [2.75, 3.05) is 19.4 Å². The number of nitrogens with one attached hydrogen (secondary N) is 2. The Morgan fingerprint density at radius 3 is 2.52 bits per heavy atom. The zero-order chi connectivity index (χ0) is 18.0. The van der Waals surface area contributed by atoms with E-state index < -0.39 is 5.66 Å². The van der Waals surface area contributed by atoms with Crippen LogP contribution in [0.3, 0.4) is 0 Å². The predicted octanol–water partition coefficient (Wildman–Crippen LogP) is 3.23. The van der Waals surface area contributed by atoms with Crippen molar-refractivity contribution >= 4 is 23.2 Å². The molecule has 4 N–H and O–H groups in total. The normalized spacial score (nSPS) is 19.6. The van der Waals surface area contributed by atoms with Gasteiger partial charge in [-0.3, -0.25) is 5.73 Å². The van der Waals surface area contributed by atoms with Crippen molar-refractivity contribution in [3.8, 4) is 0 Å². The molecule has 1 atom stereocenters. The summed E-state index contributed by atoms with van der Waals surface area (Å²) >= 11 is 6.16. The minimum absolute atomic E-state index is 0.590. The van der Waals surface area contributed by atoms with Crippen LogP contribution in [0.25, 0.3) is 0 Å². The molecule has 1 heterocycles. The van der Waals surface area contributed by atoms with Gasteiger partial charge in [0.2, 0.25) is 5.96 Å². The smallest absolute Gasteiger partial charge is 0.203 e. The Bertz CT molecular complexity index is 829. The molecule has 6 heteroatoms. The maximum Gasteiger partial charge on any atom is 0.203 e. The predicted molar refractivity (Wildman–Crippen MR) is 104 cm³/mol. The van der Waals surface area contributed by atoms with E-state index in [2.05, 4.69) is 10.6 Å². The number of halogens is 1. The number of aryl methyl sites for hydroxylation is 1. The summed E-state index contributed by atoms with van der Waals surface area (Å²) in [5.74, 6) is 1.45. The Morgan fingerprint density at radius 1 is 1.16 bits per heavy atom. The number of para-hydroxylation sites is 1. The maximum absolute atomic E-state index is 6.66. The van der Waals surface area contributed by atoms with Gasteiger partial charge >= 0.3 is 0 Å². The lowest BCUT2D eigenvalue weighted by molar-refractivity contribution is 0.453. The van der Waals surface area contributed by atoms with Gasteiger partial charge < -0.3 is 15.5 Å². The average Bonchev–Trinajstić information content (AvgIpc) is 2.57. The highest BCUT2D eigenvalue weighted by molar-refractivity contribution is 6.31. The average molecular weight is 356 g/mol. The molecule has 0 aliphatic carbocycles. The zero-order valence-electron chi connectivity index (χ0n) is 14.5. The standard InChI is InChI=1S/C19H22ClN5/c1-13-11-14(9-10-16(13)20)19(21)12-17(25(2)3)23-18(24-19)22-15-7-5-4-6-8-15/h4-12H,21H2,1-3H3,(H2,22,23,24). The van der Waals surface area contributed by atoms with E-state index in [4.69, 9.17) is 22.3 Å². The van der Waals surface area contributed by atoms with Gasteiger partial charge in [0.05, 0.1) is 0 Å². The molecule has 0 amide bonds. The molecule has 1 aliphatic heterocycles. The third kappa shape index (κ3) is 3.78. The third-order valence-electron chi connectivity index (χ3n) is 4.04. The van der Waals surface area contributed by atoms with Gasteiger partial charge in [-0.05, 0) is 36.2 Å². The molecule has 2 aromatic carbocycles. The molecule has 0 saturated carbocycles. The zero-order valence-corrected chi connectivity index (χ0v) is 15.3. The monoisotopic (exact) mass is 355 g/mol. The van der Waals surface area contributed by atoms with Crippen LogP contribution in [-0.4, -0.2) is 25.0 Å². The number of anilines is 1. The van der Waals surface area contributed by atoms with Gasteiger partial charge in [-0.2, -0.15) is 0 Å². The fourth-order valence-corrected chi connectivity index (χ4v) is 2.73. The van der Waals surface area contributed by atoms with Crippen molar-refractivity contribution in [1.29, 1.82) is 0 Å². The number of guanidine groups is 1. The maximum atomic E-state index is 6.66. The van der Waals surface area contributed by atoms with E-state index >= 15 is 0 Å². The minimum Gasteiger partial charge on any atom is -0.364 e. The summed E-state index contributed by atoms with van der Waals surface area (Å²) in [5, 5.41) is 7.27. The van der Waals surface area contributed by atoms with Gasteiger partial charge in [-0.15, -0.1) is 0 Å². The van der Waals surface area contributed by atoms with Gasteiger partial charge in [0, 0.05) is 30.9 Å². The summed E-state index contributed by atoms with van der Waals surface area (Å²) in [6.45, 7) is 1.96. The van der Waals surface area contributed by atoms with E-state index in [1.807, 2.05) is 80.5 Å². The molecule has 0 saturated heterocycles. The number of benzene rings is 2. The molecule has 0 aromatic heterocycles. The van der Waals surface area contributed by atoms with Gasteiger partial charge in [-0.25, -0.2) is 4.99 Å². The first-order chi connectivity index (χ1) is 11.9. The Kier molecular flexibility index (Phi) is 4.70. The summed E-state index contributed by atoms with van der Waals surface area (Å²) < 4.78 is 0. The van der Waals surface area contributed by atoms with E-state index in [9.17, 15) is 0 Å². The first kappa shape index (κ1) is 17.3. The first-order valence-electron chi connectivity index (χ1n) is 8.02. The summed E-state index contributed by atoms with van der Waals surface area (Å²) in [6.07, 6.45) is 1.91. The van der Waals surface area contributed by atoms with Crippen molar-refractivity contribution in [3.63, 3.8) is 0 Å². The largest absolute Gasteiger partial charge is 0.364 e. The van der Waals surface area contributed by atoms with E-state index in [1.54, 1.807) is 0 Å². The number of hydrogen-bond donors (Lipinski definition) is 3. The fourth-order valence-electron chi connectivity index (χ4n) is 2.61. The van der Waals surface area contributed by atoms with Crippen LogP contribution in [0.5, 0.6) is 0 Å². The molecular formula is C19H22ClN5. The van der Waals surface area contributed by atoms with E-state index in [0.29, 0.717) is 11.0 Å². The van der Waals surface area contributed by atoms with Crippen molar-refractivity contribution in [2.45, 2.75) is 12.6 Å². The Balaban J connectivity index is 2.01. The molecule has 5 nitrogen and oxygen atoms in total. The molecular weight excluding hydrogens is 334 g/mol. The first-order valence-corrected chi connectivity index (χ1v) is 8.40. The van der Waals surface area contributed by atoms with Crippen LogP contribution < -0.4 is 16.4 Å². The summed E-state index contributed by atoms with van der Waals surface area (Å²) in [7, 11) is 3.91. The minimum atomic E-state index is -0.989. The van der Waals surface area contributed by atoms with Gasteiger partial charge in [0.25, 0.3) is 0 Å². The van der Waals surface area contributed by atoms with E-state index in [-0.39, 0.29) is 0 Å². The van der Waals surface area contributed by atoms with Crippen LogP contribution >= 0.6 is 11.6 Å². The fraction of sp³-hybridized carbons (Fsp3) is 0.211. The molecule has 0 bridgehead atoms. The molecule has 25 heavy (non-hydrogen) atoms. The lowest BCUT2D eigenvalue weighted by atomic mass is 9.97. The lowest BCUT2D eigenvalue weighted by Gasteiger charge is -2.33. The van der Waals surface area contributed by atoms with Crippen LogP contribution in [0, 0.1) is 6.92 Å². The number of nitrogens with zero attached hydrogens (tertiary/aromatic N) is 2. The SMILES string of the molecule is Cc1cc(C2(N)C=C(N(C)C)NC(Nc3ccccc3)=N2)ccc1Cl. The molecule has 1 unspecified atom stereocenters. The molecule has 2 aromatic rings.